The van der Waals surface area contributed by atoms with Crippen LogP contribution in [-0.2, 0) is 10.0 Å². The van der Waals surface area contributed by atoms with Crippen LogP contribution in [0.5, 0.6) is 0 Å². The van der Waals surface area contributed by atoms with E-state index >= 15 is 0 Å². The number of benzene rings is 2. The highest BCUT2D eigenvalue weighted by molar-refractivity contribution is 9.10. The number of aromatic nitrogens is 1. The minimum atomic E-state index is -3.76. The molecule has 1 heterocycles. The van der Waals surface area contributed by atoms with Gasteiger partial charge >= 0.3 is 0 Å². The van der Waals surface area contributed by atoms with Crippen LogP contribution in [0.3, 0.4) is 0 Å². The van der Waals surface area contributed by atoms with Crippen molar-refractivity contribution in [3.8, 4) is 0 Å². The van der Waals surface area contributed by atoms with Gasteiger partial charge in [0.05, 0.1) is 10.4 Å². The molecule has 3 rings (SSSR count). The summed E-state index contributed by atoms with van der Waals surface area (Å²) in [4.78, 5) is 0.172. The van der Waals surface area contributed by atoms with Gasteiger partial charge in [0.15, 0.2) is 0 Å². The summed E-state index contributed by atoms with van der Waals surface area (Å²) in [6, 6.07) is 12.4. The normalized spacial score (nSPS) is 12.0. The van der Waals surface area contributed by atoms with Crippen LogP contribution in [0.1, 0.15) is 5.69 Å². The standard InChI is InChI=1S/C15H11BrFNO2S/c1-10-7-13-14(16)8-11(17)9-15(13)18(10)21(19,20)12-5-3-2-4-6-12/h2-9H,1H3. The van der Waals surface area contributed by atoms with Crippen LogP contribution in [-0.4, -0.2) is 12.4 Å². The maximum atomic E-state index is 13.6. The van der Waals surface area contributed by atoms with E-state index in [-0.39, 0.29) is 4.90 Å². The Morgan fingerprint density at radius 3 is 2.43 bits per heavy atom. The number of aryl methyl sites for hydroxylation is 1. The maximum absolute atomic E-state index is 13.6. The first-order valence-corrected chi connectivity index (χ1v) is 8.42. The molecule has 108 valence electrons. The highest BCUT2D eigenvalue weighted by Gasteiger charge is 2.22. The van der Waals surface area contributed by atoms with Gasteiger partial charge in [-0.3, -0.25) is 0 Å². The molecule has 0 fully saturated rings. The first-order chi connectivity index (χ1) is 9.91. The van der Waals surface area contributed by atoms with Crippen molar-refractivity contribution in [1.29, 1.82) is 0 Å². The Balaban J connectivity index is 2.38. The Morgan fingerprint density at radius 1 is 1.10 bits per heavy atom. The van der Waals surface area contributed by atoms with E-state index in [1.165, 1.54) is 28.2 Å². The lowest BCUT2D eigenvalue weighted by atomic mass is 10.2. The molecular weight excluding hydrogens is 357 g/mol. The molecule has 0 N–H and O–H groups in total. The summed E-state index contributed by atoms with van der Waals surface area (Å²) in [5, 5.41) is 0.661. The molecule has 3 aromatic rings. The monoisotopic (exact) mass is 367 g/mol. The maximum Gasteiger partial charge on any atom is 0.268 e. The quantitative estimate of drug-likeness (QED) is 0.684. The van der Waals surface area contributed by atoms with Gasteiger partial charge in [0.1, 0.15) is 5.82 Å². The fraction of sp³-hybridized carbons (Fsp3) is 0.0667. The molecule has 0 radical (unpaired) electrons. The minimum absolute atomic E-state index is 0.172. The Labute approximate surface area is 130 Å². The van der Waals surface area contributed by atoms with Crippen molar-refractivity contribution in [3.63, 3.8) is 0 Å². The number of halogens is 2. The summed E-state index contributed by atoms with van der Waals surface area (Å²) in [6.45, 7) is 1.69. The van der Waals surface area contributed by atoms with Gasteiger partial charge in [-0.15, -0.1) is 0 Å². The third-order valence-corrected chi connectivity index (χ3v) is 5.74. The molecule has 0 amide bonds. The van der Waals surface area contributed by atoms with Crippen molar-refractivity contribution < 1.29 is 12.8 Å². The minimum Gasteiger partial charge on any atom is -0.238 e. The predicted molar refractivity (Wildman–Crippen MR) is 83.4 cm³/mol. The third kappa shape index (κ3) is 2.28. The lowest BCUT2D eigenvalue weighted by Crippen LogP contribution is -2.14. The van der Waals surface area contributed by atoms with Gasteiger partial charge in [-0.25, -0.2) is 16.8 Å². The van der Waals surface area contributed by atoms with Crippen LogP contribution in [0.4, 0.5) is 4.39 Å². The fourth-order valence-corrected chi connectivity index (χ4v) is 4.45. The summed E-state index contributed by atoms with van der Waals surface area (Å²) in [5.41, 5.74) is 0.850. The fourth-order valence-electron chi connectivity index (χ4n) is 2.36. The molecule has 0 saturated heterocycles. The molecule has 2 aromatic carbocycles. The van der Waals surface area contributed by atoms with Crippen molar-refractivity contribution in [1.82, 2.24) is 3.97 Å². The Hall–Kier alpha value is -1.66. The molecule has 0 bridgehead atoms. The molecule has 0 saturated carbocycles. The van der Waals surface area contributed by atoms with Gasteiger partial charge < -0.3 is 0 Å². The van der Waals surface area contributed by atoms with Crippen LogP contribution in [0.25, 0.3) is 10.9 Å². The van der Waals surface area contributed by atoms with Crippen LogP contribution >= 0.6 is 15.9 Å². The zero-order valence-electron chi connectivity index (χ0n) is 11.0. The number of fused-ring (bicyclic) bond motifs is 1. The largest absolute Gasteiger partial charge is 0.268 e. The predicted octanol–water partition coefficient (Wildman–Crippen LogP) is 4.09. The van der Waals surface area contributed by atoms with Gasteiger partial charge in [-0.2, -0.15) is 0 Å². The smallest absolute Gasteiger partial charge is 0.238 e. The van der Waals surface area contributed by atoms with Crippen LogP contribution in [0.2, 0.25) is 0 Å². The molecule has 6 heteroatoms. The van der Waals surface area contributed by atoms with Crippen LogP contribution in [0.15, 0.2) is 57.9 Å². The molecule has 3 nitrogen and oxygen atoms in total. The molecule has 0 atom stereocenters. The van der Waals surface area contributed by atoms with E-state index in [4.69, 9.17) is 0 Å². The SMILES string of the molecule is Cc1cc2c(Br)cc(F)cc2n1S(=O)(=O)c1ccccc1. The van der Waals surface area contributed by atoms with E-state index in [0.29, 0.717) is 21.1 Å². The average Bonchev–Trinajstić information content (AvgIpc) is 2.77. The summed E-state index contributed by atoms with van der Waals surface area (Å²) in [6.07, 6.45) is 0. The first kappa shape index (κ1) is 14.3. The lowest BCUT2D eigenvalue weighted by Gasteiger charge is -2.10. The summed E-state index contributed by atoms with van der Waals surface area (Å²) >= 11 is 3.27. The Kier molecular flexibility index (Phi) is 3.37. The van der Waals surface area contributed by atoms with Crippen molar-refractivity contribution in [2.24, 2.45) is 0 Å². The molecule has 0 aliphatic carbocycles. The van der Waals surface area contributed by atoms with Crippen molar-refractivity contribution in [3.05, 3.63) is 64.5 Å². The lowest BCUT2D eigenvalue weighted by molar-refractivity contribution is 0.588. The first-order valence-electron chi connectivity index (χ1n) is 6.19. The van der Waals surface area contributed by atoms with Crippen LogP contribution in [0, 0.1) is 12.7 Å². The molecule has 21 heavy (non-hydrogen) atoms. The van der Waals surface area contributed by atoms with E-state index in [1.807, 2.05) is 0 Å². The number of rotatable bonds is 2. The van der Waals surface area contributed by atoms with E-state index in [2.05, 4.69) is 15.9 Å². The molecule has 0 aliphatic heterocycles. The molecule has 0 aliphatic rings. The number of hydrogen-bond acceptors (Lipinski definition) is 2. The second-order valence-electron chi connectivity index (χ2n) is 4.69. The second-order valence-corrected chi connectivity index (χ2v) is 7.33. The molecule has 0 spiro atoms. The third-order valence-electron chi connectivity index (χ3n) is 3.25. The van der Waals surface area contributed by atoms with Gasteiger partial charge in [0.25, 0.3) is 10.0 Å². The van der Waals surface area contributed by atoms with Gasteiger partial charge in [-0.05, 0) is 53.2 Å². The number of nitrogens with zero attached hydrogens (tertiary/aromatic N) is 1. The van der Waals surface area contributed by atoms with Crippen molar-refractivity contribution in [2.75, 3.05) is 0 Å². The molecule has 0 unspecified atom stereocenters. The van der Waals surface area contributed by atoms with Crippen molar-refractivity contribution in [2.45, 2.75) is 11.8 Å². The zero-order valence-corrected chi connectivity index (χ0v) is 13.4. The van der Waals surface area contributed by atoms with Crippen LogP contribution < -0.4 is 0 Å². The van der Waals surface area contributed by atoms with Crippen molar-refractivity contribution >= 4 is 36.9 Å². The van der Waals surface area contributed by atoms with E-state index in [0.717, 1.165) is 0 Å². The highest BCUT2D eigenvalue weighted by Crippen LogP contribution is 2.31. The van der Waals surface area contributed by atoms with E-state index in [9.17, 15) is 12.8 Å². The second kappa shape index (κ2) is 4.96. The zero-order chi connectivity index (χ0) is 15.2. The summed E-state index contributed by atoms with van der Waals surface area (Å²) in [7, 11) is -3.76. The number of hydrogen-bond donors (Lipinski definition) is 0. The average molecular weight is 368 g/mol. The Bertz CT molecular complexity index is 933. The molecular formula is C15H11BrFNO2S. The molecule has 1 aromatic heterocycles. The highest BCUT2D eigenvalue weighted by atomic mass is 79.9. The topological polar surface area (TPSA) is 39.1 Å². The summed E-state index contributed by atoms with van der Waals surface area (Å²) in [5.74, 6) is -0.489. The van der Waals surface area contributed by atoms with E-state index < -0.39 is 15.8 Å². The van der Waals surface area contributed by atoms with Gasteiger partial charge in [-0.1, -0.05) is 18.2 Å². The van der Waals surface area contributed by atoms with Gasteiger partial charge in [0.2, 0.25) is 0 Å². The van der Waals surface area contributed by atoms with E-state index in [1.54, 1.807) is 31.2 Å². The van der Waals surface area contributed by atoms with Gasteiger partial charge in [0, 0.05) is 15.6 Å². The summed E-state index contributed by atoms with van der Waals surface area (Å²) < 4.78 is 40.9. The Morgan fingerprint density at radius 2 is 1.76 bits per heavy atom.